The topological polar surface area (TPSA) is 47.6 Å². The predicted octanol–water partition coefficient (Wildman–Crippen LogP) is 2.45. The lowest BCUT2D eigenvalue weighted by atomic mass is 9.86. The van der Waals surface area contributed by atoms with Gasteiger partial charge in [0.05, 0.1) is 22.3 Å². The molecule has 1 fully saturated rings. The summed E-state index contributed by atoms with van der Waals surface area (Å²) < 4.78 is 53.5. The molecule has 0 radical (unpaired) electrons. The van der Waals surface area contributed by atoms with Crippen LogP contribution in [0.4, 0.5) is 0 Å². The molecule has 0 aromatic heterocycles. The Kier molecular flexibility index (Phi) is 2.54. The van der Waals surface area contributed by atoms with Gasteiger partial charge < -0.3 is 14.8 Å². The molecule has 1 aliphatic carbocycles. The SMILES string of the molecule is [2H]C([2H])([2H])Oc1cc2c(cc1OC([2H])([2H])[2H])C(=O)C(CC1CCNCC1)C2. The predicted molar refractivity (Wildman–Crippen MR) is 81.3 cm³/mol. The molecule has 4 heteroatoms. The molecule has 0 saturated carbocycles. The minimum absolute atomic E-state index is 0.0423. The summed E-state index contributed by atoms with van der Waals surface area (Å²) in [6.07, 6.45) is 3.34. The van der Waals surface area contributed by atoms with Gasteiger partial charge in [0.25, 0.3) is 0 Å². The zero-order chi connectivity index (χ0) is 19.8. The third-order valence-corrected chi connectivity index (χ3v) is 4.57. The van der Waals surface area contributed by atoms with Gasteiger partial charge >= 0.3 is 0 Å². The van der Waals surface area contributed by atoms with Crippen molar-refractivity contribution in [3.8, 4) is 11.5 Å². The summed E-state index contributed by atoms with van der Waals surface area (Å²) >= 11 is 0. The number of hydrogen-bond acceptors (Lipinski definition) is 4. The Labute approximate surface area is 134 Å². The molecule has 1 unspecified atom stereocenters. The number of nitrogens with one attached hydrogen (secondary N) is 1. The van der Waals surface area contributed by atoms with Gasteiger partial charge in [-0.3, -0.25) is 4.79 Å². The molecular formula is C17H23NO3. The molecule has 21 heavy (non-hydrogen) atoms. The van der Waals surface area contributed by atoms with Gasteiger partial charge in [0.15, 0.2) is 17.3 Å². The number of ether oxygens (including phenoxy) is 2. The van der Waals surface area contributed by atoms with E-state index >= 15 is 0 Å². The van der Waals surface area contributed by atoms with E-state index in [1.807, 2.05) is 0 Å². The average molecular weight is 295 g/mol. The number of ketones is 1. The second kappa shape index (κ2) is 6.06. The van der Waals surface area contributed by atoms with Crippen LogP contribution in [0.25, 0.3) is 0 Å². The molecule has 0 amide bonds. The fraction of sp³-hybridized carbons (Fsp3) is 0.588. The first-order valence-electron chi connectivity index (χ1n) is 10.3. The van der Waals surface area contributed by atoms with Crippen molar-refractivity contribution in [3.63, 3.8) is 0 Å². The molecule has 0 bridgehead atoms. The zero-order valence-corrected chi connectivity index (χ0v) is 11.8. The van der Waals surface area contributed by atoms with Gasteiger partial charge in [0.1, 0.15) is 0 Å². The van der Waals surface area contributed by atoms with Crippen LogP contribution in [0.5, 0.6) is 11.5 Å². The molecule has 1 aromatic rings. The molecule has 1 N–H and O–H groups in total. The first-order chi connectivity index (χ1) is 12.5. The van der Waals surface area contributed by atoms with E-state index in [1.54, 1.807) is 0 Å². The van der Waals surface area contributed by atoms with Gasteiger partial charge in [0.2, 0.25) is 0 Å². The molecule has 1 aromatic carbocycles. The van der Waals surface area contributed by atoms with E-state index in [1.165, 1.54) is 12.1 Å². The lowest BCUT2D eigenvalue weighted by molar-refractivity contribution is 0.0913. The molecule has 0 spiro atoms. The Morgan fingerprint density at radius 2 is 1.95 bits per heavy atom. The van der Waals surface area contributed by atoms with Gasteiger partial charge in [-0.25, -0.2) is 0 Å². The van der Waals surface area contributed by atoms with Gasteiger partial charge in [-0.15, -0.1) is 0 Å². The first kappa shape index (κ1) is 8.79. The molecule has 3 rings (SSSR count). The number of fused-ring (bicyclic) bond motifs is 1. The Hall–Kier alpha value is -1.55. The van der Waals surface area contributed by atoms with Crippen molar-refractivity contribution < 1.29 is 22.5 Å². The third-order valence-electron chi connectivity index (χ3n) is 4.57. The summed E-state index contributed by atoms with van der Waals surface area (Å²) in [5.41, 5.74) is 1.07. The zero-order valence-electron chi connectivity index (χ0n) is 17.8. The molecule has 1 heterocycles. The van der Waals surface area contributed by atoms with E-state index in [2.05, 4.69) is 5.32 Å². The van der Waals surface area contributed by atoms with Crippen LogP contribution in [0.3, 0.4) is 0 Å². The molecule has 1 saturated heterocycles. The standard InChI is InChI=1S/C17H23NO3/c1-20-15-9-12-8-13(7-11-3-5-18-6-4-11)17(19)14(12)10-16(15)21-2/h9-11,13,18H,3-8H2,1-2H3/i1D3,2D3. The minimum atomic E-state index is -2.78. The quantitative estimate of drug-likeness (QED) is 0.927. The maximum Gasteiger partial charge on any atom is 0.166 e. The van der Waals surface area contributed by atoms with Crippen LogP contribution in [0, 0.1) is 11.8 Å². The highest BCUT2D eigenvalue weighted by atomic mass is 16.5. The van der Waals surface area contributed by atoms with Crippen molar-refractivity contribution in [1.82, 2.24) is 5.32 Å². The van der Waals surface area contributed by atoms with E-state index in [0.29, 0.717) is 23.5 Å². The second-order valence-corrected chi connectivity index (χ2v) is 5.85. The Morgan fingerprint density at radius 3 is 2.67 bits per heavy atom. The average Bonchev–Trinajstić information content (AvgIpc) is 2.82. The van der Waals surface area contributed by atoms with E-state index in [4.69, 9.17) is 17.7 Å². The number of methoxy groups -OCH3 is 2. The van der Waals surface area contributed by atoms with Gasteiger partial charge in [-0.2, -0.15) is 0 Å². The van der Waals surface area contributed by atoms with Gasteiger partial charge in [0, 0.05) is 11.5 Å². The van der Waals surface area contributed by atoms with Crippen molar-refractivity contribution in [1.29, 1.82) is 0 Å². The first-order valence-corrected chi connectivity index (χ1v) is 7.32. The monoisotopic (exact) mass is 295 g/mol. The lowest BCUT2D eigenvalue weighted by Gasteiger charge is -2.24. The highest BCUT2D eigenvalue weighted by Gasteiger charge is 2.33. The smallest absolute Gasteiger partial charge is 0.166 e. The fourth-order valence-corrected chi connectivity index (χ4v) is 3.45. The van der Waals surface area contributed by atoms with Crippen molar-refractivity contribution >= 4 is 5.78 Å². The minimum Gasteiger partial charge on any atom is -0.493 e. The number of hydrogen-bond donors (Lipinski definition) is 1. The van der Waals surface area contributed by atoms with E-state index < -0.39 is 14.1 Å². The largest absolute Gasteiger partial charge is 0.493 e. The highest BCUT2D eigenvalue weighted by Crippen LogP contribution is 2.39. The van der Waals surface area contributed by atoms with E-state index in [9.17, 15) is 4.79 Å². The van der Waals surface area contributed by atoms with Crippen molar-refractivity contribution in [2.24, 2.45) is 11.8 Å². The number of carbonyl (C=O) groups is 1. The molecule has 1 atom stereocenters. The lowest BCUT2D eigenvalue weighted by Crippen LogP contribution is -2.29. The van der Waals surface area contributed by atoms with Crippen LogP contribution in [-0.4, -0.2) is 32.9 Å². The normalized spacial score (nSPS) is 27.6. The number of Topliss-reactive ketones (excluding diaryl/α,β-unsaturated/α-hetero) is 1. The van der Waals surface area contributed by atoms with Gasteiger partial charge in [-0.1, -0.05) is 0 Å². The van der Waals surface area contributed by atoms with E-state index in [0.717, 1.165) is 32.4 Å². The molecule has 4 nitrogen and oxygen atoms in total. The van der Waals surface area contributed by atoms with Crippen LogP contribution < -0.4 is 14.8 Å². The molecular weight excluding hydrogens is 266 g/mol. The van der Waals surface area contributed by atoms with Crippen LogP contribution in [0.15, 0.2) is 12.1 Å². The van der Waals surface area contributed by atoms with Crippen LogP contribution in [0.1, 0.15) is 43.4 Å². The van der Waals surface area contributed by atoms with Crippen molar-refractivity contribution in [2.45, 2.75) is 25.7 Å². The fourth-order valence-electron chi connectivity index (χ4n) is 3.45. The molecule has 114 valence electrons. The highest BCUT2D eigenvalue weighted by molar-refractivity contribution is 6.02. The summed E-state index contributed by atoms with van der Waals surface area (Å²) in [5, 5.41) is 3.30. The maximum atomic E-state index is 12.8. The Morgan fingerprint density at radius 1 is 1.24 bits per heavy atom. The molecule has 2 aliphatic rings. The van der Waals surface area contributed by atoms with Crippen LogP contribution >= 0.6 is 0 Å². The number of benzene rings is 1. The van der Waals surface area contributed by atoms with Crippen molar-refractivity contribution in [2.75, 3.05) is 27.2 Å². The van der Waals surface area contributed by atoms with Crippen molar-refractivity contribution in [3.05, 3.63) is 23.3 Å². The summed E-state index contributed by atoms with van der Waals surface area (Å²) in [7, 11) is -5.53. The third kappa shape index (κ3) is 2.77. The molecule has 1 aliphatic heterocycles. The summed E-state index contributed by atoms with van der Waals surface area (Å²) in [6.45, 7) is 1.90. The number of carbonyl (C=O) groups excluding carboxylic acids is 1. The summed E-state index contributed by atoms with van der Waals surface area (Å²) in [5.74, 6) is -0.169. The Bertz CT molecular complexity index is 710. The second-order valence-electron chi connectivity index (χ2n) is 5.85. The summed E-state index contributed by atoms with van der Waals surface area (Å²) in [4.78, 5) is 12.8. The van der Waals surface area contributed by atoms with Crippen LogP contribution in [0.2, 0.25) is 0 Å². The van der Waals surface area contributed by atoms with Crippen LogP contribution in [-0.2, 0) is 6.42 Å². The van der Waals surface area contributed by atoms with E-state index in [-0.39, 0.29) is 23.2 Å². The van der Waals surface area contributed by atoms with Gasteiger partial charge in [-0.05, 0) is 62.4 Å². The maximum absolute atomic E-state index is 12.8. The Balaban J connectivity index is 1.86. The number of rotatable bonds is 4. The number of piperidine rings is 1. The summed E-state index contributed by atoms with van der Waals surface area (Å²) in [6, 6.07) is 2.75.